The fourth-order valence-electron chi connectivity index (χ4n) is 2.86. The van der Waals surface area contributed by atoms with Crippen LogP contribution in [-0.4, -0.2) is 11.1 Å². The van der Waals surface area contributed by atoms with Crippen molar-refractivity contribution in [3.8, 4) is 5.75 Å². The van der Waals surface area contributed by atoms with E-state index in [4.69, 9.17) is 39.5 Å². The van der Waals surface area contributed by atoms with Crippen LogP contribution in [0.5, 0.6) is 5.75 Å². The molecule has 1 N–H and O–H groups in total. The van der Waals surface area contributed by atoms with Crippen LogP contribution in [0.3, 0.4) is 0 Å². The Bertz CT molecular complexity index is 1280. The Labute approximate surface area is 216 Å². The van der Waals surface area contributed by atoms with Gasteiger partial charge in [0.1, 0.15) is 12.4 Å². The number of amidine groups is 1. The van der Waals surface area contributed by atoms with Crippen molar-refractivity contribution >= 4 is 85.3 Å². The summed E-state index contributed by atoms with van der Waals surface area (Å²) in [5.74, 6) is -0.154. The van der Waals surface area contributed by atoms with Crippen molar-refractivity contribution in [2.75, 3.05) is 0 Å². The number of hydrogen-bond acceptors (Lipinski definition) is 4. The average Bonchev–Trinajstić information content (AvgIpc) is 3.10. The van der Waals surface area contributed by atoms with Crippen LogP contribution in [0.1, 0.15) is 11.1 Å². The van der Waals surface area contributed by atoms with E-state index >= 15 is 0 Å². The second-order valence-electron chi connectivity index (χ2n) is 6.78. The van der Waals surface area contributed by atoms with E-state index in [9.17, 15) is 9.18 Å². The van der Waals surface area contributed by atoms with Gasteiger partial charge in [-0.1, -0.05) is 53.0 Å². The molecule has 3 aromatic carbocycles. The second-order valence-corrected chi connectivity index (χ2v) is 9.86. The van der Waals surface area contributed by atoms with E-state index in [-0.39, 0.29) is 18.3 Å². The number of thioether (sulfide) groups is 1. The van der Waals surface area contributed by atoms with Crippen molar-refractivity contribution in [3.63, 3.8) is 0 Å². The number of nitrogens with zero attached hydrogens (tertiary/aromatic N) is 1. The first-order chi connectivity index (χ1) is 15.8. The standard InChI is InChI=1S/C23H13BrCl3FN2O2S/c24-15-8-13(9-17(26)21(15)32-11-12-4-6-14(28)7-5-12)10-19-22(31)30-23(33-19)29-18-3-1-2-16(25)20(18)27/h1-10H,11H2,(H,29,30,31)/b19-10-. The minimum absolute atomic E-state index is 0.225. The molecule has 1 amide bonds. The smallest absolute Gasteiger partial charge is 0.264 e. The lowest BCUT2D eigenvalue weighted by molar-refractivity contribution is -0.115. The Morgan fingerprint density at radius 3 is 2.58 bits per heavy atom. The van der Waals surface area contributed by atoms with Gasteiger partial charge in [-0.05, 0) is 81.3 Å². The summed E-state index contributed by atoms with van der Waals surface area (Å²) in [6.07, 6.45) is 1.70. The van der Waals surface area contributed by atoms with Crippen molar-refractivity contribution < 1.29 is 13.9 Å². The highest BCUT2D eigenvalue weighted by atomic mass is 79.9. The van der Waals surface area contributed by atoms with Gasteiger partial charge < -0.3 is 10.1 Å². The minimum Gasteiger partial charge on any atom is -0.486 e. The Morgan fingerprint density at radius 2 is 1.85 bits per heavy atom. The molecule has 4 nitrogen and oxygen atoms in total. The SMILES string of the molecule is O=C1NC(=Nc2cccc(Cl)c2Cl)S/C1=C\c1cc(Cl)c(OCc2ccc(F)cc2)c(Br)c1. The molecule has 1 aliphatic heterocycles. The molecule has 0 aromatic heterocycles. The van der Waals surface area contributed by atoms with E-state index in [1.165, 1.54) is 23.9 Å². The number of ether oxygens (including phenoxy) is 1. The van der Waals surface area contributed by atoms with Crippen molar-refractivity contribution in [2.45, 2.75) is 6.61 Å². The third-order valence-electron chi connectivity index (χ3n) is 4.42. The molecule has 10 heteroatoms. The quantitative estimate of drug-likeness (QED) is 0.308. The van der Waals surface area contributed by atoms with Crippen molar-refractivity contribution in [2.24, 2.45) is 4.99 Å². The predicted octanol–water partition coefficient (Wildman–Crippen LogP) is 8.02. The third kappa shape index (κ3) is 5.91. The van der Waals surface area contributed by atoms with E-state index in [1.807, 2.05) is 0 Å². The number of hydrogen-bond donors (Lipinski definition) is 1. The molecule has 1 aliphatic rings. The largest absolute Gasteiger partial charge is 0.486 e. The van der Waals surface area contributed by atoms with Crippen LogP contribution in [0.15, 0.2) is 69.0 Å². The molecule has 1 fully saturated rings. The summed E-state index contributed by atoms with van der Waals surface area (Å²) >= 11 is 23.2. The average molecular weight is 587 g/mol. The molecule has 0 unspecified atom stereocenters. The van der Waals surface area contributed by atoms with Gasteiger partial charge in [0.2, 0.25) is 0 Å². The first-order valence-corrected chi connectivity index (χ1v) is 12.1. The zero-order chi connectivity index (χ0) is 23.5. The van der Waals surface area contributed by atoms with Crippen molar-refractivity contribution in [3.05, 3.63) is 96.0 Å². The molecular weight excluding hydrogens is 574 g/mol. The molecule has 4 rings (SSSR count). The van der Waals surface area contributed by atoms with Crippen molar-refractivity contribution in [1.82, 2.24) is 5.32 Å². The highest BCUT2D eigenvalue weighted by Crippen LogP contribution is 2.38. The molecule has 1 saturated heterocycles. The minimum atomic E-state index is -0.312. The zero-order valence-electron chi connectivity index (χ0n) is 16.5. The molecule has 33 heavy (non-hydrogen) atoms. The van der Waals surface area contributed by atoms with Gasteiger partial charge in [0.05, 0.1) is 30.1 Å². The number of amides is 1. The van der Waals surface area contributed by atoms with Crippen LogP contribution in [0.4, 0.5) is 10.1 Å². The summed E-state index contributed by atoms with van der Waals surface area (Å²) in [5.41, 5.74) is 1.96. The van der Waals surface area contributed by atoms with Gasteiger partial charge in [0, 0.05) is 0 Å². The number of nitrogens with one attached hydrogen (secondary N) is 1. The summed E-state index contributed by atoms with van der Waals surface area (Å²) in [7, 11) is 0. The Balaban J connectivity index is 1.51. The number of benzene rings is 3. The summed E-state index contributed by atoms with van der Waals surface area (Å²) in [4.78, 5) is 17.2. The number of carbonyl (C=O) groups is 1. The monoisotopic (exact) mass is 584 g/mol. The second kappa shape index (κ2) is 10.5. The van der Waals surface area contributed by atoms with Crippen LogP contribution in [0.25, 0.3) is 6.08 Å². The molecule has 0 atom stereocenters. The maximum atomic E-state index is 13.1. The van der Waals surface area contributed by atoms with Gasteiger partial charge in [0.15, 0.2) is 10.9 Å². The number of carbonyl (C=O) groups excluding carboxylic acids is 1. The highest BCUT2D eigenvalue weighted by Gasteiger charge is 2.24. The van der Waals surface area contributed by atoms with Gasteiger partial charge in [-0.25, -0.2) is 9.38 Å². The van der Waals surface area contributed by atoms with E-state index in [0.717, 1.165) is 5.56 Å². The van der Waals surface area contributed by atoms with E-state index in [0.29, 0.717) is 46.6 Å². The van der Waals surface area contributed by atoms with E-state index in [1.54, 1.807) is 48.5 Å². The molecule has 168 valence electrons. The summed E-state index contributed by atoms with van der Waals surface area (Å²) in [6, 6.07) is 14.6. The topological polar surface area (TPSA) is 50.7 Å². The van der Waals surface area contributed by atoms with Crippen LogP contribution in [0.2, 0.25) is 15.1 Å². The Morgan fingerprint density at radius 1 is 1.09 bits per heavy atom. The first kappa shape index (κ1) is 24.1. The Kier molecular flexibility index (Phi) is 7.66. The molecule has 0 spiro atoms. The van der Waals surface area contributed by atoms with E-state index < -0.39 is 0 Å². The molecule has 0 aliphatic carbocycles. The summed E-state index contributed by atoms with van der Waals surface area (Å²) < 4.78 is 19.5. The maximum absolute atomic E-state index is 13.1. The fourth-order valence-corrected chi connectivity index (χ4v) is 5.02. The van der Waals surface area contributed by atoms with Crippen molar-refractivity contribution in [1.29, 1.82) is 0 Å². The van der Waals surface area contributed by atoms with Crippen LogP contribution in [0, 0.1) is 5.82 Å². The normalized spacial score (nSPS) is 15.8. The summed E-state index contributed by atoms with van der Waals surface area (Å²) in [5, 5.41) is 4.15. The van der Waals surface area contributed by atoms with Gasteiger partial charge >= 0.3 is 0 Å². The fraction of sp³-hybridized carbons (Fsp3) is 0.0435. The van der Waals surface area contributed by atoms with Crippen LogP contribution < -0.4 is 10.1 Å². The third-order valence-corrected chi connectivity index (χ3v) is 7.01. The molecular formula is C23H13BrCl3FN2O2S. The number of halogens is 5. The zero-order valence-corrected chi connectivity index (χ0v) is 21.2. The molecule has 1 heterocycles. The van der Waals surface area contributed by atoms with E-state index in [2.05, 4.69) is 26.2 Å². The Hall–Kier alpha value is -2.03. The number of aliphatic imine (C=N–C) groups is 1. The lowest BCUT2D eigenvalue weighted by Gasteiger charge is -2.11. The molecule has 0 saturated carbocycles. The molecule has 3 aromatic rings. The number of rotatable bonds is 5. The lowest BCUT2D eigenvalue weighted by Crippen LogP contribution is -2.19. The highest BCUT2D eigenvalue weighted by molar-refractivity contribution is 9.10. The predicted molar refractivity (Wildman–Crippen MR) is 137 cm³/mol. The first-order valence-electron chi connectivity index (χ1n) is 9.40. The maximum Gasteiger partial charge on any atom is 0.264 e. The van der Waals surface area contributed by atoms with Crippen LogP contribution in [-0.2, 0) is 11.4 Å². The van der Waals surface area contributed by atoms with Gasteiger partial charge in [0.25, 0.3) is 5.91 Å². The van der Waals surface area contributed by atoms with Gasteiger partial charge in [-0.15, -0.1) is 0 Å². The molecule has 0 bridgehead atoms. The van der Waals surface area contributed by atoms with Gasteiger partial charge in [-0.3, -0.25) is 4.79 Å². The summed E-state index contributed by atoms with van der Waals surface area (Å²) in [6.45, 7) is 0.225. The van der Waals surface area contributed by atoms with Gasteiger partial charge in [-0.2, -0.15) is 0 Å². The van der Waals surface area contributed by atoms with Crippen LogP contribution >= 0.6 is 62.5 Å². The lowest BCUT2D eigenvalue weighted by atomic mass is 10.2. The molecule has 0 radical (unpaired) electrons.